The van der Waals surface area contributed by atoms with Gasteiger partial charge in [-0.05, 0) is 5.56 Å². The molecule has 0 amide bonds. The van der Waals surface area contributed by atoms with Crippen molar-refractivity contribution >= 4 is 19.2 Å². The number of benzene rings is 1. The van der Waals surface area contributed by atoms with E-state index in [0.717, 1.165) is 0 Å². The third-order valence-electron chi connectivity index (χ3n) is 1.41. The minimum Gasteiger partial charge on any atom is -1.00 e. The van der Waals surface area contributed by atoms with Crippen LogP contribution in [0.3, 0.4) is 0 Å². The van der Waals surface area contributed by atoms with Crippen molar-refractivity contribution in [2.45, 2.75) is 6.42 Å². The van der Waals surface area contributed by atoms with E-state index in [-0.39, 0.29) is 11.1 Å². The summed E-state index contributed by atoms with van der Waals surface area (Å²) in [6, 6.07) is 6.34. The maximum Gasteiger partial charge on any atom is 0.762 e. The van der Waals surface area contributed by atoms with Crippen LogP contribution < -0.4 is 4.70 Å². The van der Waals surface area contributed by atoms with E-state index in [1.807, 2.05) is 0 Å². The van der Waals surface area contributed by atoms with Gasteiger partial charge in [-0.15, -0.1) is 0 Å². The molecule has 1 N–H and O–H groups in total. The average molecular weight is 250 g/mol. The molecule has 0 aliphatic carbocycles. The Morgan fingerprint density at radius 3 is 2.00 bits per heavy atom. The molecule has 0 unspecified atom stereocenters. The van der Waals surface area contributed by atoms with Crippen molar-refractivity contribution in [1.82, 2.24) is 0 Å². The molecular weight excluding hydrogens is 243 g/mol. The van der Waals surface area contributed by atoms with E-state index in [4.69, 9.17) is 10.5 Å². The highest BCUT2D eigenvalue weighted by atomic mass is 19.4. The highest BCUT2D eigenvalue weighted by molar-refractivity contribution is 6.33. The first kappa shape index (κ1) is 17.3. The Hall–Kier alpha value is -2.11. The number of aliphatic carboxylic acids is 1. The molecular formula is C8H7BF4N2O2. The number of carboxylic acid groups (broad SMARTS) is 1. The van der Waals surface area contributed by atoms with Crippen LogP contribution in [0.1, 0.15) is 5.56 Å². The van der Waals surface area contributed by atoms with Gasteiger partial charge in [0.25, 0.3) is 0 Å². The Kier molecular flexibility index (Phi) is 9.30. The summed E-state index contributed by atoms with van der Waals surface area (Å²) in [5.74, 6) is -0.872. The van der Waals surface area contributed by atoms with E-state index < -0.39 is 13.5 Å². The lowest BCUT2D eigenvalue weighted by molar-refractivity contribution is -0.136. The molecule has 0 fully saturated rings. The molecule has 0 atom stereocenters. The van der Waals surface area contributed by atoms with Gasteiger partial charge in [-0.3, -0.25) is 17.7 Å². The first-order chi connectivity index (χ1) is 7.45. The lowest BCUT2D eigenvalue weighted by Crippen LogP contribution is -3.00. The summed E-state index contributed by atoms with van der Waals surface area (Å²) in [5, 5.41) is 16.7. The summed E-state index contributed by atoms with van der Waals surface area (Å²) in [5.41, 5.74) is 1.11. The van der Waals surface area contributed by atoms with Crippen LogP contribution >= 0.6 is 0 Å². The number of nitrogens with zero attached hydrogens (tertiary/aromatic N) is 2. The minimum atomic E-state index is -3.67. The van der Waals surface area contributed by atoms with E-state index in [9.17, 15) is 17.7 Å². The average Bonchev–Trinajstić information content (AvgIpc) is 2.17. The predicted octanol–water partition coefficient (Wildman–Crippen LogP) is -0.318. The maximum absolute atomic E-state index is 10.3. The molecule has 1 aromatic carbocycles. The van der Waals surface area contributed by atoms with E-state index in [1.165, 1.54) is 0 Å². The zero-order chi connectivity index (χ0) is 12.6. The van der Waals surface area contributed by atoms with E-state index >= 15 is 0 Å². The Morgan fingerprint density at radius 2 is 1.71 bits per heavy atom. The van der Waals surface area contributed by atoms with Crippen LogP contribution in [0.2, 0.25) is 0 Å². The van der Waals surface area contributed by atoms with Gasteiger partial charge in [0.05, 0.1) is 6.42 Å². The van der Waals surface area contributed by atoms with Crippen LogP contribution in [0.25, 0.3) is 4.98 Å². The molecule has 1 rings (SSSR count). The number of rotatable bonds is 2. The molecule has 0 aliphatic rings. The first-order valence-corrected chi connectivity index (χ1v) is 4.03. The summed E-state index contributed by atoms with van der Waals surface area (Å²) in [6.07, 6.45) is -0.00823. The second kappa shape index (κ2) is 9.14. The molecule has 0 heterocycles. The van der Waals surface area contributed by atoms with Crippen LogP contribution in [0.15, 0.2) is 24.3 Å². The van der Waals surface area contributed by atoms with Crippen LogP contribution in [0.5, 0.6) is 0 Å². The Morgan fingerprint density at radius 1 is 1.29 bits per heavy atom. The number of hydrogen-bond acceptors (Lipinski definition) is 2. The van der Waals surface area contributed by atoms with Crippen molar-refractivity contribution in [2.24, 2.45) is 0 Å². The fourth-order valence-corrected chi connectivity index (χ4v) is 0.855. The molecule has 17 heavy (non-hydrogen) atoms. The molecule has 0 spiro atoms. The van der Waals surface area contributed by atoms with Crippen LogP contribution in [-0.4, -0.2) is 18.6 Å². The molecule has 92 valence electrons. The summed E-state index contributed by atoms with van der Waals surface area (Å²) in [7, 11) is -3.67. The van der Waals surface area contributed by atoms with Crippen molar-refractivity contribution in [2.75, 3.05) is 0 Å². The zero-order valence-corrected chi connectivity index (χ0v) is 8.36. The van der Waals surface area contributed by atoms with Crippen molar-refractivity contribution in [1.29, 1.82) is 5.39 Å². The first-order valence-electron chi connectivity index (χ1n) is 4.03. The van der Waals surface area contributed by atoms with Crippen LogP contribution in [0, 0.1) is 5.39 Å². The maximum atomic E-state index is 10.3. The molecule has 0 saturated carbocycles. The number of hydrogen-bond donors (Lipinski definition) is 1. The quantitative estimate of drug-likeness (QED) is 0.444. The Balaban J connectivity index is 0. The standard InChI is InChI=1S/C8H6N2O2.BF3.FH/c9-10-7-3-1-6(2-4-7)5-8(11)12;2-1(3)4;/h1-4H,5H2;;1H. The smallest absolute Gasteiger partial charge is 0.762 e. The topological polar surface area (TPSA) is 65.5 Å². The van der Waals surface area contributed by atoms with Crippen molar-refractivity contribution < 1.29 is 27.6 Å². The van der Waals surface area contributed by atoms with Gasteiger partial charge in [-0.25, -0.2) is 0 Å². The monoisotopic (exact) mass is 250 g/mol. The molecule has 0 aromatic heterocycles. The third-order valence-corrected chi connectivity index (χ3v) is 1.41. The van der Waals surface area contributed by atoms with E-state index in [2.05, 4.69) is 4.98 Å². The fourth-order valence-electron chi connectivity index (χ4n) is 0.855. The summed E-state index contributed by atoms with van der Waals surface area (Å²) in [4.78, 5) is 13.2. The summed E-state index contributed by atoms with van der Waals surface area (Å²) < 4.78 is 29.0. The van der Waals surface area contributed by atoms with Crippen molar-refractivity contribution in [3.63, 3.8) is 0 Å². The van der Waals surface area contributed by atoms with Crippen LogP contribution in [0.4, 0.5) is 18.6 Å². The van der Waals surface area contributed by atoms with Crippen LogP contribution in [-0.2, 0) is 11.2 Å². The Bertz CT molecular complexity index is 377. The van der Waals surface area contributed by atoms with Gasteiger partial charge in [-0.1, -0.05) is 12.1 Å². The molecule has 0 saturated heterocycles. The predicted molar refractivity (Wildman–Crippen MR) is 51.6 cm³/mol. The molecule has 0 bridgehead atoms. The third kappa shape index (κ3) is 10.2. The highest BCUT2D eigenvalue weighted by Crippen LogP contribution is 2.12. The summed E-state index contributed by atoms with van der Waals surface area (Å²) >= 11 is 0. The SMILES string of the molecule is FB(F)F.N#[N+]c1ccc(CC(=O)O)cc1.[F-]. The van der Waals surface area contributed by atoms with Gasteiger partial charge in [0, 0.05) is 12.1 Å². The van der Waals surface area contributed by atoms with Crippen molar-refractivity contribution in [3.05, 3.63) is 34.8 Å². The zero-order valence-electron chi connectivity index (χ0n) is 8.36. The normalized spacial score (nSPS) is 7.88. The number of halogens is 4. The van der Waals surface area contributed by atoms with Gasteiger partial charge in [0.15, 0.2) is 4.98 Å². The fraction of sp³-hybridized carbons (Fsp3) is 0.125. The van der Waals surface area contributed by atoms with Gasteiger partial charge < -0.3 is 9.81 Å². The second-order valence-corrected chi connectivity index (χ2v) is 2.58. The van der Waals surface area contributed by atoms with Gasteiger partial charge in [-0.2, -0.15) is 0 Å². The van der Waals surface area contributed by atoms with Gasteiger partial charge in [0.1, 0.15) is 0 Å². The number of diazo groups is 1. The van der Waals surface area contributed by atoms with Gasteiger partial charge in [0.2, 0.25) is 5.39 Å². The Labute approximate surface area is 94.3 Å². The molecule has 0 radical (unpaired) electrons. The minimum absolute atomic E-state index is 0. The van der Waals surface area contributed by atoms with Crippen molar-refractivity contribution in [3.8, 4) is 0 Å². The molecule has 4 nitrogen and oxygen atoms in total. The second-order valence-electron chi connectivity index (χ2n) is 2.58. The summed E-state index contributed by atoms with van der Waals surface area (Å²) in [6.45, 7) is 0. The lowest BCUT2D eigenvalue weighted by Gasteiger charge is -1.91. The number of carboxylic acids is 1. The van der Waals surface area contributed by atoms with E-state index in [1.54, 1.807) is 24.3 Å². The molecule has 9 heteroatoms. The number of carbonyl (C=O) groups is 1. The molecule has 1 aromatic rings. The highest BCUT2D eigenvalue weighted by Gasteiger charge is 2.06. The largest absolute Gasteiger partial charge is 1.00 e. The lowest BCUT2D eigenvalue weighted by atomic mass is 10.1. The van der Waals surface area contributed by atoms with E-state index in [0.29, 0.717) is 11.3 Å². The molecule has 0 aliphatic heterocycles. The van der Waals surface area contributed by atoms with Gasteiger partial charge >= 0.3 is 19.2 Å².